The molecule has 0 bridgehead atoms. The maximum atomic E-state index is 11.9. The van der Waals surface area contributed by atoms with Gasteiger partial charge in [0.2, 0.25) is 0 Å². The third-order valence-corrected chi connectivity index (χ3v) is 3.90. The number of nitrogens with zero attached hydrogens (tertiary/aromatic N) is 1. The van der Waals surface area contributed by atoms with E-state index in [1.165, 1.54) is 18.2 Å². The Bertz CT molecular complexity index is 419. The fourth-order valence-corrected chi connectivity index (χ4v) is 2.60. The van der Waals surface area contributed by atoms with E-state index in [-0.39, 0.29) is 22.8 Å². The summed E-state index contributed by atoms with van der Waals surface area (Å²) >= 11 is 1.56. The van der Waals surface area contributed by atoms with Crippen LogP contribution in [0.3, 0.4) is 0 Å². The summed E-state index contributed by atoms with van der Waals surface area (Å²) in [5, 5.41) is 18.8. The highest BCUT2D eigenvalue weighted by Crippen LogP contribution is 2.23. The third-order valence-electron chi connectivity index (χ3n) is 2.96. The molecule has 0 unspecified atom stereocenters. The lowest BCUT2D eigenvalue weighted by molar-refractivity contribution is 0.102. The molecule has 19 heavy (non-hydrogen) atoms. The van der Waals surface area contributed by atoms with Gasteiger partial charge >= 0.3 is 0 Å². The monoisotopic (exact) mass is 283 g/mol. The minimum Gasteiger partial charge on any atom is -0.508 e. The minimum absolute atomic E-state index is 0.0387. The third kappa shape index (κ3) is 5.12. The highest BCUT2D eigenvalue weighted by atomic mass is 32.2. The first-order valence-electron chi connectivity index (χ1n) is 6.43. The average Bonchev–Trinajstić information content (AvgIpc) is 2.38. The van der Waals surface area contributed by atoms with Crippen LogP contribution in [0, 0.1) is 0 Å². The molecule has 0 heterocycles. The summed E-state index contributed by atoms with van der Waals surface area (Å²) in [6, 6.07) is 4.05. The first-order chi connectivity index (χ1) is 9.08. The summed E-state index contributed by atoms with van der Waals surface area (Å²) in [7, 11) is 0. The van der Waals surface area contributed by atoms with E-state index in [1.54, 1.807) is 11.8 Å². The Morgan fingerprint density at radius 1 is 1.26 bits per heavy atom. The molecule has 0 atom stereocenters. The van der Waals surface area contributed by atoms with Crippen molar-refractivity contribution < 1.29 is 15.0 Å². The quantitative estimate of drug-likeness (QED) is 0.566. The normalized spacial score (nSPS) is 10.9. The zero-order valence-electron chi connectivity index (χ0n) is 11.4. The van der Waals surface area contributed by atoms with Crippen LogP contribution in [0.15, 0.2) is 18.2 Å². The molecule has 0 aliphatic rings. The van der Waals surface area contributed by atoms with Crippen molar-refractivity contribution in [2.45, 2.75) is 13.8 Å². The number of Topliss-reactive ketones (excluding diaryl/α,β-unsaturated/α-hetero) is 1. The van der Waals surface area contributed by atoms with Gasteiger partial charge in [-0.05, 0) is 25.2 Å². The van der Waals surface area contributed by atoms with E-state index >= 15 is 0 Å². The Labute approximate surface area is 118 Å². The molecule has 0 aromatic heterocycles. The van der Waals surface area contributed by atoms with E-state index in [4.69, 9.17) is 5.11 Å². The SMILES string of the molecule is CCN(CC)CCSCC(=O)c1ccc(O)cc1O. The maximum absolute atomic E-state index is 11.9. The van der Waals surface area contributed by atoms with Crippen LogP contribution in [-0.4, -0.2) is 52.0 Å². The lowest BCUT2D eigenvalue weighted by Gasteiger charge is -2.17. The number of phenolic OH excluding ortho intramolecular Hbond substituents is 2. The highest BCUT2D eigenvalue weighted by molar-refractivity contribution is 8.00. The molecule has 0 radical (unpaired) electrons. The highest BCUT2D eigenvalue weighted by Gasteiger charge is 2.11. The number of thioether (sulfide) groups is 1. The Balaban J connectivity index is 2.39. The molecule has 0 saturated heterocycles. The van der Waals surface area contributed by atoms with Gasteiger partial charge in [-0.15, -0.1) is 0 Å². The lowest BCUT2D eigenvalue weighted by atomic mass is 10.1. The van der Waals surface area contributed by atoms with Crippen LogP contribution in [0.1, 0.15) is 24.2 Å². The van der Waals surface area contributed by atoms with Gasteiger partial charge in [0.1, 0.15) is 11.5 Å². The van der Waals surface area contributed by atoms with Crippen LogP contribution in [0.25, 0.3) is 0 Å². The van der Waals surface area contributed by atoms with Crippen LogP contribution in [0.2, 0.25) is 0 Å². The van der Waals surface area contributed by atoms with Gasteiger partial charge in [-0.25, -0.2) is 0 Å². The zero-order valence-corrected chi connectivity index (χ0v) is 12.2. The number of carbonyl (C=O) groups is 1. The van der Waals surface area contributed by atoms with Gasteiger partial charge in [-0.1, -0.05) is 13.8 Å². The van der Waals surface area contributed by atoms with Crippen molar-refractivity contribution in [3.05, 3.63) is 23.8 Å². The Morgan fingerprint density at radius 3 is 2.53 bits per heavy atom. The second-order valence-corrected chi connectivity index (χ2v) is 5.31. The molecule has 1 rings (SSSR count). The average molecular weight is 283 g/mol. The van der Waals surface area contributed by atoms with Crippen molar-refractivity contribution in [3.63, 3.8) is 0 Å². The molecule has 2 N–H and O–H groups in total. The fraction of sp³-hybridized carbons (Fsp3) is 0.500. The van der Waals surface area contributed by atoms with Crippen molar-refractivity contribution in [2.75, 3.05) is 31.1 Å². The standard InChI is InChI=1S/C14H21NO3S/c1-3-15(4-2)7-8-19-10-14(18)12-6-5-11(16)9-13(12)17/h5-6,9,16-17H,3-4,7-8,10H2,1-2H3. The van der Waals surface area contributed by atoms with Gasteiger partial charge < -0.3 is 15.1 Å². The fourth-order valence-electron chi connectivity index (χ4n) is 1.73. The molecule has 1 aromatic rings. The molecule has 0 saturated carbocycles. The van der Waals surface area contributed by atoms with E-state index < -0.39 is 0 Å². The molecule has 1 aromatic carbocycles. The van der Waals surface area contributed by atoms with Gasteiger partial charge in [0.25, 0.3) is 0 Å². The smallest absolute Gasteiger partial charge is 0.176 e. The van der Waals surface area contributed by atoms with Crippen molar-refractivity contribution in [2.24, 2.45) is 0 Å². The second-order valence-electron chi connectivity index (χ2n) is 4.20. The molecule has 0 spiro atoms. The Morgan fingerprint density at radius 2 is 1.95 bits per heavy atom. The molecule has 0 fully saturated rings. The minimum atomic E-state index is -0.158. The largest absolute Gasteiger partial charge is 0.508 e. The Kier molecular flexibility index (Phi) is 6.73. The van der Waals surface area contributed by atoms with E-state index in [0.717, 1.165) is 25.4 Å². The molecule has 0 aliphatic carbocycles. The first kappa shape index (κ1) is 15.9. The number of hydrogen-bond acceptors (Lipinski definition) is 5. The topological polar surface area (TPSA) is 60.8 Å². The summed E-state index contributed by atoms with van der Waals surface area (Å²) < 4.78 is 0. The predicted molar refractivity (Wildman–Crippen MR) is 79.2 cm³/mol. The molecule has 106 valence electrons. The van der Waals surface area contributed by atoms with Crippen LogP contribution < -0.4 is 0 Å². The number of hydrogen-bond donors (Lipinski definition) is 2. The van der Waals surface area contributed by atoms with Gasteiger partial charge in [0, 0.05) is 18.4 Å². The number of phenols is 2. The van der Waals surface area contributed by atoms with Gasteiger partial charge in [0.05, 0.1) is 11.3 Å². The van der Waals surface area contributed by atoms with E-state index in [1.807, 2.05) is 0 Å². The van der Waals surface area contributed by atoms with Crippen molar-refractivity contribution in [1.82, 2.24) is 4.90 Å². The summed E-state index contributed by atoms with van der Waals surface area (Å²) in [6.07, 6.45) is 0. The van der Waals surface area contributed by atoms with Crippen LogP contribution in [-0.2, 0) is 0 Å². The van der Waals surface area contributed by atoms with Gasteiger partial charge in [0.15, 0.2) is 5.78 Å². The number of aromatic hydroxyl groups is 2. The summed E-state index contributed by atoms with van der Waals surface area (Å²) in [4.78, 5) is 14.2. The van der Waals surface area contributed by atoms with Gasteiger partial charge in [-0.2, -0.15) is 11.8 Å². The van der Waals surface area contributed by atoms with Crippen LogP contribution in [0.5, 0.6) is 11.5 Å². The molecule has 5 heteroatoms. The predicted octanol–water partition coefficient (Wildman–Crippen LogP) is 2.36. The zero-order chi connectivity index (χ0) is 14.3. The van der Waals surface area contributed by atoms with Crippen molar-refractivity contribution in [3.8, 4) is 11.5 Å². The number of ketones is 1. The van der Waals surface area contributed by atoms with Crippen molar-refractivity contribution in [1.29, 1.82) is 0 Å². The van der Waals surface area contributed by atoms with E-state index in [0.29, 0.717) is 5.75 Å². The molecule has 4 nitrogen and oxygen atoms in total. The van der Waals surface area contributed by atoms with Crippen LogP contribution >= 0.6 is 11.8 Å². The molecular formula is C14H21NO3S. The number of carbonyl (C=O) groups excluding carboxylic acids is 1. The van der Waals surface area contributed by atoms with Gasteiger partial charge in [-0.3, -0.25) is 4.79 Å². The molecular weight excluding hydrogens is 262 g/mol. The molecule has 0 aliphatic heterocycles. The maximum Gasteiger partial charge on any atom is 0.176 e. The number of benzene rings is 1. The Hall–Kier alpha value is -1.20. The van der Waals surface area contributed by atoms with E-state index in [9.17, 15) is 9.90 Å². The second kappa shape index (κ2) is 8.07. The first-order valence-corrected chi connectivity index (χ1v) is 7.59. The summed E-state index contributed by atoms with van der Waals surface area (Å²) in [5.41, 5.74) is 0.271. The summed E-state index contributed by atoms with van der Waals surface area (Å²) in [6.45, 7) is 7.24. The number of rotatable bonds is 8. The summed E-state index contributed by atoms with van der Waals surface area (Å²) in [5.74, 6) is 0.936. The van der Waals surface area contributed by atoms with Crippen molar-refractivity contribution >= 4 is 17.5 Å². The lowest BCUT2D eigenvalue weighted by Crippen LogP contribution is -2.25. The van der Waals surface area contributed by atoms with E-state index in [2.05, 4.69) is 18.7 Å². The van der Waals surface area contributed by atoms with Crippen LogP contribution in [0.4, 0.5) is 0 Å². The molecule has 0 amide bonds.